The first-order valence-electron chi connectivity index (χ1n) is 8.00. The highest BCUT2D eigenvalue weighted by molar-refractivity contribution is 7.91. The van der Waals surface area contributed by atoms with E-state index < -0.39 is 16.0 Å². The number of aryl methyl sites for hydroxylation is 1. The van der Waals surface area contributed by atoms with Crippen molar-refractivity contribution in [2.45, 2.75) is 24.0 Å². The zero-order valence-electron chi connectivity index (χ0n) is 13.8. The third-order valence-corrected chi connectivity index (χ3v) is 7.71. The van der Waals surface area contributed by atoms with Crippen LogP contribution in [0.4, 0.5) is 0 Å². The van der Waals surface area contributed by atoms with Crippen LogP contribution < -0.4 is 0 Å². The van der Waals surface area contributed by atoms with Gasteiger partial charge < -0.3 is 5.11 Å². The van der Waals surface area contributed by atoms with E-state index >= 15 is 0 Å². The van der Waals surface area contributed by atoms with Crippen molar-refractivity contribution < 1.29 is 18.3 Å². The van der Waals surface area contributed by atoms with E-state index in [1.165, 1.54) is 10.4 Å². The van der Waals surface area contributed by atoms with Crippen molar-refractivity contribution in [3.63, 3.8) is 0 Å². The van der Waals surface area contributed by atoms with Crippen LogP contribution >= 0.6 is 11.3 Å². The molecule has 132 valence electrons. The molecule has 1 saturated heterocycles. The number of hydrogen-bond acceptors (Lipinski definition) is 4. The van der Waals surface area contributed by atoms with Gasteiger partial charge in [-0.15, -0.1) is 11.3 Å². The minimum atomic E-state index is -3.53. The number of aliphatic carboxylic acids is 1. The Balaban J connectivity index is 1.98. The number of nitrogens with zero attached hydrogens (tertiary/aromatic N) is 1. The summed E-state index contributed by atoms with van der Waals surface area (Å²) in [5.41, 5.74) is 1.86. The molecule has 0 amide bonds. The molecule has 2 heterocycles. The average molecular weight is 377 g/mol. The Labute approximate surface area is 151 Å². The van der Waals surface area contributed by atoms with Crippen molar-refractivity contribution >= 4 is 39.0 Å². The Morgan fingerprint density at radius 2 is 1.84 bits per heavy atom. The predicted molar refractivity (Wildman–Crippen MR) is 99.0 cm³/mol. The van der Waals surface area contributed by atoms with Crippen molar-refractivity contribution in [2.75, 3.05) is 13.1 Å². The summed E-state index contributed by atoms with van der Waals surface area (Å²) in [7, 11) is -3.53. The summed E-state index contributed by atoms with van der Waals surface area (Å²) in [5.74, 6) is -1.07. The molecule has 0 unspecified atom stereocenters. The number of rotatable bonds is 5. The number of carboxylic acid groups (broad SMARTS) is 1. The SMILES string of the molecule is Cc1ccccc1/C=C(\C(=O)O)c1ccc(S(=O)(=O)N2CCCC2)s1. The third kappa shape index (κ3) is 3.68. The van der Waals surface area contributed by atoms with Gasteiger partial charge in [0.1, 0.15) is 4.21 Å². The van der Waals surface area contributed by atoms with Crippen LogP contribution in [0.1, 0.15) is 28.8 Å². The minimum Gasteiger partial charge on any atom is -0.478 e. The summed E-state index contributed by atoms with van der Waals surface area (Å²) in [6, 6.07) is 10.6. The van der Waals surface area contributed by atoms with Crippen LogP contribution in [0.3, 0.4) is 0 Å². The number of hydrogen-bond donors (Lipinski definition) is 1. The molecule has 1 fully saturated rings. The normalized spacial score (nSPS) is 16.3. The van der Waals surface area contributed by atoms with Crippen LogP contribution in [0.5, 0.6) is 0 Å². The van der Waals surface area contributed by atoms with E-state index in [2.05, 4.69) is 0 Å². The maximum atomic E-state index is 12.6. The van der Waals surface area contributed by atoms with Crippen LogP contribution in [-0.2, 0) is 14.8 Å². The van der Waals surface area contributed by atoms with E-state index in [9.17, 15) is 18.3 Å². The van der Waals surface area contributed by atoms with E-state index in [1.807, 2.05) is 31.2 Å². The predicted octanol–water partition coefficient (Wildman–Crippen LogP) is 3.47. The molecule has 3 rings (SSSR count). The Kier molecular flexibility index (Phi) is 5.08. The van der Waals surface area contributed by atoms with Gasteiger partial charge in [-0.25, -0.2) is 13.2 Å². The molecule has 0 saturated carbocycles. The summed E-state index contributed by atoms with van der Waals surface area (Å²) in [6.07, 6.45) is 3.33. The Morgan fingerprint density at radius 1 is 1.16 bits per heavy atom. The number of carboxylic acids is 1. The fraction of sp³-hybridized carbons (Fsp3) is 0.278. The van der Waals surface area contributed by atoms with Gasteiger partial charge in [-0.3, -0.25) is 0 Å². The molecule has 1 aliphatic rings. The third-order valence-electron chi connectivity index (χ3n) is 4.22. The lowest BCUT2D eigenvalue weighted by atomic mass is 10.1. The zero-order chi connectivity index (χ0) is 18.0. The van der Waals surface area contributed by atoms with Crippen molar-refractivity contribution in [3.05, 3.63) is 52.4 Å². The molecule has 7 heteroatoms. The molecule has 1 N–H and O–H groups in total. The summed E-state index contributed by atoms with van der Waals surface area (Å²) >= 11 is 1.01. The second-order valence-corrected chi connectivity index (χ2v) is 9.20. The zero-order valence-corrected chi connectivity index (χ0v) is 15.4. The largest absolute Gasteiger partial charge is 0.478 e. The lowest BCUT2D eigenvalue weighted by Gasteiger charge is -2.13. The first kappa shape index (κ1) is 17.8. The van der Waals surface area contributed by atoms with Gasteiger partial charge in [0.2, 0.25) is 0 Å². The van der Waals surface area contributed by atoms with Gasteiger partial charge in [-0.05, 0) is 49.1 Å². The number of sulfonamides is 1. The lowest BCUT2D eigenvalue weighted by Crippen LogP contribution is -2.27. The van der Waals surface area contributed by atoms with Crippen LogP contribution in [-0.4, -0.2) is 36.9 Å². The standard InChI is InChI=1S/C18H19NO4S2/c1-13-6-2-3-7-14(13)12-15(18(20)21)16-8-9-17(24-16)25(22,23)19-10-4-5-11-19/h2-3,6-9,12H,4-5,10-11H2,1H3,(H,20,21)/b15-12-. The van der Waals surface area contributed by atoms with Crippen molar-refractivity contribution in [2.24, 2.45) is 0 Å². The summed E-state index contributed by atoms with van der Waals surface area (Å²) in [5, 5.41) is 9.58. The highest BCUT2D eigenvalue weighted by Crippen LogP contribution is 2.32. The molecule has 0 atom stereocenters. The average Bonchev–Trinajstić information content (AvgIpc) is 3.26. The lowest BCUT2D eigenvalue weighted by molar-refractivity contribution is -0.130. The fourth-order valence-corrected chi connectivity index (χ4v) is 5.79. The van der Waals surface area contributed by atoms with E-state index in [1.54, 1.807) is 12.1 Å². The molecular formula is C18H19NO4S2. The van der Waals surface area contributed by atoms with E-state index in [0.29, 0.717) is 18.0 Å². The molecule has 1 aromatic carbocycles. The Bertz CT molecular complexity index is 922. The molecule has 1 aliphatic heterocycles. The van der Waals surface area contributed by atoms with Crippen LogP contribution in [0.25, 0.3) is 11.6 Å². The highest BCUT2D eigenvalue weighted by atomic mass is 32.2. The summed E-state index contributed by atoms with van der Waals surface area (Å²) in [4.78, 5) is 12.1. The monoisotopic (exact) mass is 377 g/mol. The van der Waals surface area contributed by atoms with Gasteiger partial charge in [0.25, 0.3) is 10.0 Å². The van der Waals surface area contributed by atoms with Gasteiger partial charge in [0, 0.05) is 18.0 Å². The first-order valence-corrected chi connectivity index (χ1v) is 10.3. The first-order chi connectivity index (χ1) is 11.9. The van der Waals surface area contributed by atoms with E-state index in [4.69, 9.17) is 0 Å². The van der Waals surface area contributed by atoms with Gasteiger partial charge >= 0.3 is 5.97 Å². The van der Waals surface area contributed by atoms with Crippen LogP contribution in [0.15, 0.2) is 40.6 Å². The molecule has 0 aliphatic carbocycles. The summed E-state index contributed by atoms with van der Waals surface area (Å²) < 4.78 is 26.9. The molecular weight excluding hydrogens is 358 g/mol. The van der Waals surface area contributed by atoms with Gasteiger partial charge in [0.15, 0.2) is 0 Å². The minimum absolute atomic E-state index is 0.0992. The second kappa shape index (κ2) is 7.11. The van der Waals surface area contributed by atoms with E-state index in [0.717, 1.165) is 35.3 Å². The smallest absolute Gasteiger partial charge is 0.337 e. The summed E-state index contributed by atoms with van der Waals surface area (Å²) in [6.45, 7) is 2.96. The Morgan fingerprint density at radius 3 is 2.48 bits per heavy atom. The molecule has 5 nitrogen and oxygen atoms in total. The van der Waals surface area contributed by atoms with Crippen LogP contribution in [0.2, 0.25) is 0 Å². The quantitative estimate of drug-likeness (QED) is 0.810. The fourth-order valence-electron chi connectivity index (χ4n) is 2.80. The molecule has 2 aromatic rings. The van der Waals surface area contributed by atoms with Gasteiger partial charge in [0.05, 0.1) is 5.57 Å². The Hall–Kier alpha value is -1.96. The van der Waals surface area contributed by atoms with Gasteiger partial charge in [-0.2, -0.15) is 4.31 Å². The van der Waals surface area contributed by atoms with Gasteiger partial charge in [-0.1, -0.05) is 24.3 Å². The molecule has 0 bridgehead atoms. The molecule has 25 heavy (non-hydrogen) atoms. The highest BCUT2D eigenvalue weighted by Gasteiger charge is 2.29. The number of benzene rings is 1. The molecule has 0 spiro atoms. The molecule has 0 radical (unpaired) electrons. The maximum Gasteiger partial charge on any atom is 0.337 e. The molecule has 1 aromatic heterocycles. The maximum absolute atomic E-state index is 12.6. The second-order valence-electron chi connectivity index (χ2n) is 5.95. The van der Waals surface area contributed by atoms with Crippen molar-refractivity contribution in [1.29, 1.82) is 0 Å². The van der Waals surface area contributed by atoms with Crippen molar-refractivity contribution in [3.8, 4) is 0 Å². The topological polar surface area (TPSA) is 74.7 Å². The van der Waals surface area contributed by atoms with E-state index in [-0.39, 0.29) is 9.78 Å². The number of carbonyl (C=O) groups is 1. The number of thiophene rings is 1. The van der Waals surface area contributed by atoms with Crippen molar-refractivity contribution in [1.82, 2.24) is 4.31 Å². The van der Waals surface area contributed by atoms with Crippen LogP contribution in [0, 0.1) is 6.92 Å².